The maximum Gasteiger partial charge on any atom is 0.387 e. The van der Waals surface area contributed by atoms with Gasteiger partial charge in [0.05, 0.1) is 11.7 Å². The molecular weight excluding hydrogens is 342 g/mol. The molecule has 3 rings (SSSR count). The van der Waals surface area contributed by atoms with E-state index in [1.807, 2.05) is 31.2 Å². The number of ether oxygens (including phenoxy) is 1. The zero-order valence-corrected chi connectivity index (χ0v) is 13.8. The summed E-state index contributed by atoms with van der Waals surface area (Å²) in [6.45, 7) is -1.04. The van der Waals surface area contributed by atoms with Crippen molar-refractivity contribution in [3.05, 3.63) is 72.3 Å². The summed E-state index contributed by atoms with van der Waals surface area (Å²) in [6, 6.07) is 12.8. The van der Waals surface area contributed by atoms with Crippen LogP contribution >= 0.6 is 0 Å². The van der Waals surface area contributed by atoms with E-state index in [-0.39, 0.29) is 17.7 Å². The standard InChI is InChI=1S/C18H16F2N4O2/c1-12(13-2-6-15(7-3-13)24-11-21-10-22-24)23-17(25)14-4-8-16(9-5-14)26-18(19)20/h2-12,18H,1H3,(H,23,25)/t12-/m1/s1. The average Bonchev–Trinajstić information content (AvgIpc) is 3.16. The number of alkyl halides is 2. The lowest BCUT2D eigenvalue weighted by atomic mass is 10.1. The summed E-state index contributed by atoms with van der Waals surface area (Å²) in [5.74, 6) is -0.297. The molecule has 0 fully saturated rings. The van der Waals surface area contributed by atoms with Gasteiger partial charge in [-0.05, 0) is 48.9 Å². The fourth-order valence-corrected chi connectivity index (χ4v) is 2.41. The molecule has 6 nitrogen and oxygen atoms in total. The van der Waals surface area contributed by atoms with Crippen molar-refractivity contribution < 1.29 is 18.3 Å². The van der Waals surface area contributed by atoms with Crippen LogP contribution in [0.1, 0.15) is 28.9 Å². The third kappa shape index (κ3) is 4.21. The molecule has 3 aromatic rings. The van der Waals surface area contributed by atoms with E-state index in [0.29, 0.717) is 5.56 Å². The van der Waals surface area contributed by atoms with Crippen molar-refractivity contribution in [2.24, 2.45) is 0 Å². The number of amides is 1. The maximum absolute atomic E-state index is 12.3. The summed E-state index contributed by atoms with van der Waals surface area (Å²) >= 11 is 0. The van der Waals surface area contributed by atoms with Crippen LogP contribution in [0.5, 0.6) is 5.75 Å². The molecule has 1 amide bonds. The minimum atomic E-state index is -2.89. The highest BCUT2D eigenvalue weighted by molar-refractivity contribution is 5.94. The molecular formula is C18H16F2N4O2. The van der Waals surface area contributed by atoms with E-state index in [1.54, 1.807) is 11.0 Å². The second-order valence-corrected chi connectivity index (χ2v) is 5.53. The molecule has 26 heavy (non-hydrogen) atoms. The number of nitrogens with one attached hydrogen (secondary N) is 1. The van der Waals surface area contributed by atoms with Crippen molar-refractivity contribution in [3.8, 4) is 11.4 Å². The average molecular weight is 358 g/mol. The Hall–Kier alpha value is -3.29. The molecule has 0 aliphatic heterocycles. The van der Waals surface area contributed by atoms with Crippen molar-refractivity contribution in [1.82, 2.24) is 20.1 Å². The zero-order chi connectivity index (χ0) is 18.5. The van der Waals surface area contributed by atoms with Crippen LogP contribution in [0.15, 0.2) is 61.2 Å². The molecule has 0 saturated heterocycles. The number of carbonyl (C=O) groups is 1. The van der Waals surface area contributed by atoms with Gasteiger partial charge in [0.1, 0.15) is 18.4 Å². The third-order valence-electron chi connectivity index (χ3n) is 3.77. The van der Waals surface area contributed by atoms with Gasteiger partial charge in [-0.2, -0.15) is 13.9 Å². The van der Waals surface area contributed by atoms with Gasteiger partial charge in [0.2, 0.25) is 0 Å². The van der Waals surface area contributed by atoms with E-state index < -0.39 is 6.61 Å². The fraction of sp³-hybridized carbons (Fsp3) is 0.167. The van der Waals surface area contributed by atoms with Crippen molar-refractivity contribution in [2.45, 2.75) is 19.6 Å². The first-order chi connectivity index (χ1) is 12.5. The Labute approximate surface area is 148 Å². The van der Waals surface area contributed by atoms with Gasteiger partial charge in [-0.3, -0.25) is 4.79 Å². The SMILES string of the molecule is C[C@@H](NC(=O)c1ccc(OC(F)F)cc1)c1ccc(-n2cncn2)cc1. The molecule has 1 aromatic heterocycles. The van der Waals surface area contributed by atoms with Gasteiger partial charge >= 0.3 is 6.61 Å². The van der Waals surface area contributed by atoms with Crippen molar-refractivity contribution in [2.75, 3.05) is 0 Å². The second-order valence-electron chi connectivity index (χ2n) is 5.53. The van der Waals surface area contributed by atoms with Gasteiger partial charge < -0.3 is 10.1 Å². The first-order valence-corrected chi connectivity index (χ1v) is 7.83. The molecule has 0 spiro atoms. The molecule has 0 radical (unpaired) electrons. The van der Waals surface area contributed by atoms with Gasteiger partial charge in [0.25, 0.3) is 5.91 Å². The summed E-state index contributed by atoms with van der Waals surface area (Å²) in [7, 11) is 0. The minimum absolute atomic E-state index is 0.00768. The molecule has 2 aromatic carbocycles. The lowest BCUT2D eigenvalue weighted by molar-refractivity contribution is -0.0498. The van der Waals surface area contributed by atoms with Crippen LogP contribution in [0.3, 0.4) is 0 Å². The summed E-state index contributed by atoms with van der Waals surface area (Å²) in [6.07, 6.45) is 3.05. The molecule has 0 aliphatic rings. The second kappa shape index (κ2) is 7.73. The van der Waals surface area contributed by atoms with Gasteiger partial charge in [-0.1, -0.05) is 12.1 Å². The van der Waals surface area contributed by atoms with Crippen molar-refractivity contribution in [3.63, 3.8) is 0 Å². The molecule has 1 N–H and O–H groups in total. The van der Waals surface area contributed by atoms with Gasteiger partial charge in [-0.25, -0.2) is 9.67 Å². The molecule has 0 aliphatic carbocycles. The summed E-state index contributed by atoms with van der Waals surface area (Å²) in [5.41, 5.74) is 2.14. The highest BCUT2D eigenvalue weighted by Crippen LogP contribution is 2.18. The molecule has 1 atom stereocenters. The Kier molecular flexibility index (Phi) is 5.21. The number of benzene rings is 2. The molecule has 0 unspecified atom stereocenters. The van der Waals surface area contributed by atoms with E-state index in [2.05, 4.69) is 20.1 Å². The number of rotatable bonds is 6. The number of carbonyl (C=O) groups excluding carboxylic acids is 1. The molecule has 0 saturated carbocycles. The number of halogens is 2. The van der Waals surface area contributed by atoms with E-state index in [0.717, 1.165) is 11.3 Å². The van der Waals surface area contributed by atoms with Crippen LogP contribution in [0.25, 0.3) is 5.69 Å². The monoisotopic (exact) mass is 358 g/mol. The van der Waals surface area contributed by atoms with Gasteiger partial charge in [-0.15, -0.1) is 0 Å². The fourth-order valence-electron chi connectivity index (χ4n) is 2.41. The number of hydrogen-bond donors (Lipinski definition) is 1. The maximum atomic E-state index is 12.3. The first kappa shape index (κ1) is 17.5. The van der Waals surface area contributed by atoms with E-state index in [4.69, 9.17) is 0 Å². The Bertz CT molecular complexity index is 850. The summed E-state index contributed by atoms with van der Waals surface area (Å²) in [4.78, 5) is 16.2. The van der Waals surface area contributed by atoms with Crippen LogP contribution in [0, 0.1) is 0 Å². The van der Waals surface area contributed by atoms with Gasteiger partial charge in [0, 0.05) is 5.56 Å². The van der Waals surface area contributed by atoms with Crippen LogP contribution in [-0.2, 0) is 0 Å². The summed E-state index contributed by atoms with van der Waals surface area (Å²) in [5, 5.41) is 6.92. The van der Waals surface area contributed by atoms with E-state index >= 15 is 0 Å². The Morgan fingerprint density at radius 3 is 2.38 bits per heavy atom. The Morgan fingerprint density at radius 1 is 1.12 bits per heavy atom. The van der Waals surface area contributed by atoms with Crippen LogP contribution in [0.2, 0.25) is 0 Å². The summed E-state index contributed by atoms with van der Waals surface area (Å²) < 4.78 is 30.2. The first-order valence-electron chi connectivity index (χ1n) is 7.83. The lowest BCUT2D eigenvalue weighted by Gasteiger charge is -2.15. The van der Waals surface area contributed by atoms with Crippen LogP contribution < -0.4 is 10.1 Å². The Balaban J connectivity index is 1.63. The molecule has 8 heteroatoms. The van der Waals surface area contributed by atoms with E-state index in [1.165, 1.54) is 30.6 Å². The van der Waals surface area contributed by atoms with Crippen molar-refractivity contribution >= 4 is 5.91 Å². The highest BCUT2D eigenvalue weighted by atomic mass is 19.3. The highest BCUT2D eigenvalue weighted by Gasteiger charge is 2.12. The third-order valence-corrected chi connectivity index (χ3v) is 3.77. The molecule has 134 valence electrons. The predicted octanol–water partition coefficient (Wildman–Crippen LogP) is 3.36. The van der Waals surface area contributed by atoms with E-state index in [9.17, 15) is 13.6 Å². The predicted molar refractivity (Wildman–Crippen MR) is 90.3 cm³/mol. The molecule has 1 heterocycles. The number of aromatic nitrogens is 3. The smallest absolute Gasteiger partial charge is 0.387 e. The number of hydrogen-bond acceptors (Lipinski definition) is 4. The number of nitrogens with zero attached hydrogens (tertiary/aromatic N) is 3. The lowest BCUT2D eigenvalue weighted by Crippen LogP contribution is -2.26. The quantitative estimate of drug-likeness (QED) is 0.734. The topological polar surface area (TPSA) is 69.0 Å². The Morgan fingerprint density at radius 2 is 1.81 bits per heavy atom. The zero-order valence-electron chi connectivity index (χ0n) is 13.8. The van der Waals surface area contributed by atoms with Crippen LogP contribution in [0.4, 0.5) is 8.78 Å². The molecule has 0 bridgehead atoms. The van der Waals surface area contributed by atoms with Crippen molar-refractivity contribution in [1.29, 1.82) is 0 Å². The van der Waals surface area contributed by atoms with Gasteiger partial charge in [0.15, 0.2) is 0 Å². The normalized spacial score (nSPS) is 12.0. The van der Waals surface area contributed by atoms with Crippen LogP contribution in [-0.4, -0.2) is 27.3 Å². The minimum Gasteiger partial charge on any atom is -0.435 e. The largest absolute Gasteiger partial charge is 0.435 e.